The minimum absolute atomic E-state index is 0. The fourth-order valence-corrected chi connectivity index (χ4v) is 0.939. The van der Waals surface area contributed by atoms with E-state index in [2.05, 4.69) is 30.1 Å². The number of carboxylic acids is 1. The monoisotopic (exact) mass is 234 g/mol. The molecule has 0 aromatic heterocycles. The van der Waals surface area contributed by atoms with Crippen LogP contribution in [0.5, 0.6) is 0 Å². The molecule has 0 saturated heterocycles. The Morgan fingerprint density at radius 3 is 2.00 bits per heavy atom. The predicted molar refractivity (Wildman–Crippen MR) is 54.5 cm³/mol. The summed E-state index contributed by atoms with van der Waals surface area (Å²) in [7, 11) is 0. The molecule has 0 N–H and O–H groups in total. The Labute approximate surface area is 102 Å². The third-order valence-electron chi connectivity index (χ3n) is 1.73. The smallest absolute Gasteiger partial charge is 1.00 e. The molecule has 1 atom stereocenters. The van der Waals surface area contributed by atoms with Gasteiger partial charge in [0.25, 0.3) is 0 Å². The van der Waals surface area contributed by atoms with Gasteiger partial charge < -0.3 is 22.3 Å². The maximum absolute atomic E-state index is 10.3. The molecule has 1 unspecified atom stereocenters. The van der Waals surface area contributed by atoms with Crippen LogP contribution in [0.3, 0.4) is 0 Å². The van der Waals surface area contributed by atoms with Crippen molar-refractivity contribution in [2.45, 2.75) is 51.7 Å². The van der Waals surface area contributed by atoms with E-state index in [0.717, 1.165) is 19.3 Å². The molecule has 0 radical (unpaired) electrons. The van der Waals surface area contributed by atoms with E-state index in [1.165, 1.54) is 5.28 Å². The number of halogens is 1. The number of carbonyl (C=O) groups excluding carboxylic acids is 1. The first-order chi connectivity index (χ1) is 6.13. The largest absolute Gasteiger partial charge is 1.00 e. The topological polar surface area (TPSA) is 40.1 Å². The fraction of sp³-hybridized carbons (Fsp3) is 0.900. The molecule has 0 rings (SSSR count). The van der Waals surface area contributed by atoms with Gasteiger partial charge >= 0.3 is 28.5 Å². The number of hydrogen-bond donors (Lipinski definition) is 0. The van der Waals surface area contributed by atoms with Crippen LogP contribution in [0.15, 0.2) is 0 Å². The zero-order valence-corrected chi connectivity index (χ0v) is 11.3. The van der Waals surface area contributed by atoms with Crippen LogP contribution in [0, 0.1) is 5.92 Å². The van der Waals surface area contributed by atoms with Gasteiger partial charge in [-0.05, 0) is 18.8 Å². The van der Waals surface area contributed by atoms with Crippen LogP contribution in [0.2, 0.25) is 5.28 Å². The number of carbonyl (C=O) groups is 1. The van der Waals surface area contributed by atoms with E-state index in [1.807, 2.05) is 6.92 Å². The van der Waals surface area contributed by atoms with Gasteiger partial charge in [0.15, 0.2) is 0 Å². The van der Waals surface area contributed by atoms with E-state index < -0.39 is 5.97 Å². The molecule has 0 aliphatic rings. The summed E-state index contributed by atoms with van der Waals surface area (Å²) >= 11 is 2.58. The van der Waals surface area contributed by atoms with Crippen LogP contribution in [0.1, 0.15) is 46.5 Å². The summed E-state index contributed by atoms with van der Waals surface area (Å²) in [6, 6.07) is 0. The third-order valence-corrected chi connectivity index (χ3v) is 1.73. The van der Waals surface area contributed by atoms with Gasteiger partial charge in [0.1, 0.15) is 0 Å². The van der Waals surface area contributed by atoms with Crippen LogP contribution in [0.25, 0.3) is 0 Å². The number of unbranched alkanes of at least 4 members (excludes halogenated alkanes) is 1. The fourth-order valence-electron chi connectivity index (χ4n) is 0.939. The molecule has 0 aliphatic carbocycles. The van der Waals surface area contributed by atoms with Crippen molar-refractivity contribution in [1.29, 1.82) is 0 Å². The van der Waals surface area contributed by atoms with Crippen molar-refractivity contribution in [3.8, 4) is 0 Å². The molecular formula is C10H20AlClO2. The zero-order chi connectivity index (χ0) is 10.7. The van der Waals surface area contributed by atoms with E-state index >= 15 is 0 Å². The second kappa shape index (κ2) is 15.8. The van der Waals surface area contributed by atoms with Gasteiger partial charge in [-0.25, -0.2) is 0 Å². The van der Waals surface area contributed by atoms with Crippen LogP contribution >= 0.6 is 0 Å². The summed E-state index contributed by atoms with van der Waals surface area (Å²) in [4.78, 5) is 10.3. The number of hydrogen-bond acceptors (Lipinski definition) is 2. The average molecular weight is 235 g/mol. The van der Waals surface area contributed by atoms with Crippen molar-refractivity contribution in [3.63, 3.8) is 0 Å². The quantitative estimate of drug-likeness (QED) is 0.546. The van der Waals surface area contributed by atoms with Gasteiger partial charge in [0.2, 0.25) is 0 Å². The van der Waals surface area contributed by atoms with Gasteiger partial charge in [-0.2, -0.15) is 0 Å². The molecule has 2 nitrogen and oxygen atoms in total. The SMILES string of the molecule is CCCCC(CC)C(=O)[O-].C[CH2][Al+2].[Cl-]. The molecule has 0 bridgehead atoms. The first kappa shape index (κ1) is 19.8. The molecule has 14 heavy (non-hydrogen) atoms. The molecule has 4 heteroatoms. The van der Waals surface area contributed by atoms with Crippen LogP contribution in [-0.4, -0.2) is 22.3 Å². The Balaban J connectivity index is -0.000000267. The molecule has 0 aromatic rings. The van der Waals surface area contributed by atoms with Crippen LogP contribution in [-0.2, 0) is 4.79 Å². The van der Waals surface area contributed by atoms with Gasteiger partial charge in [0.05, 0.1) is 0 Å². The molecular weight excluding hydrogens is 215 g/mol. The van der Waals surface area contributed by atoms with Crippen molar-refractivity contribution in [3.05, 3.63) is 0 Å². The van der Waals surface area contributed by atoms with Crippen molar-refractivity contribution < 1.29 is 22.3 Å². The number of aliphatic carboxylic acids is 1. The van der Waals surface area contributed by atoms with Gasteiger partial charge in [-0.3, -0.25) is 0 Å². The minimum atomic E-state index is -0.893. The third kappa shape index (κ3) is 14.8. The van der Waals surface area contributed by atoms with Crippen molar-refractivity contribution in [2.24, 2.45) is 5.92 Å². The normalized spacial score (nSPS) is 10.6. The van der Waals surface area contributed by atoms with E-state index in [1.54, 1.807) is 0 Å². The van der Waals surface area contributed by atoms with Crippen molar-refractivity contribution in [1.82, 2.24) is 0 Å². The standard InChI is InChI=1S/C8H16O2.C2H5.Al.ClH/c1-3-5-6-7(4-2)8(9)10;1-2;;/h7H,3-6H2,1-2H3,(H,9,10);1H2,2H3;;1H/q;;+2;/p-2. The Morgan fingerprint density at radius 2 is 1.79 bits per heavy atom. The predicted octanol–water partition coefficient (Wildman–Crippen LogP) is -1.45. The molecule has 0 saturated carbocycles. The summed E-state index contributed by atoms with van der Waals surface area (Å²) in [5.74, 6) is -1.11. The van der Waals surface area contributed by atoms with Crippen LogP contribution < -0.4 is 17.5 Å². The van der Waals surface area contributed by atoms with E-state index in [4.69, 9.17) is 0 Å². The van der Waals surface area contributed by atoms with Crippen LogP contribution in [0.4, 0.5) is 0 Å². The zero-order valence-electron chi connectivity index (χ0n) is 9.38. The Morgan fingerprint density at radius 1 is 1.36 bits per heavy atom. The minimum Gasteiger partial charge on any atom is -1.00 e. The van der Waals surface area contributed by atoms with Crippen molar-refractivity contribution in [2.75, 3.05) is 0 Å². The Kier molecular flexibility index (Phi) is 22.3. The van der Waals surface area contributed by atoms with E-state index in [9.17, 15) is 9.90 Å². The molecule has 82 valence electrons. The molecule has 0 aliphatic heterocycles. The second-order valence-corrected chi connectivity index (χ2v) is 3.79. The van der Waals surface area contributed by atoms with E-state index in [-0.39, 0.29) is 18.3 Å². The number of rotatable bonds is 5. The second-order valence-electron chi connectivity index (χ2n) is 2.97. The number of carboxylic acid groups (broad SMARTS) is 1. The first-order valence-electron chi connectivity index (χ1n) is 5.04. The first-order valence-corrected chi connectivity index (χ1v) is 5.86. The maximum Gasteiger partial charge on any atom is -1.00 e. The summed E-state index contributed by atoms with van der Waals surface area (Å²) in [6.45, 7) is 6.03. The van der Waals surface area contributed by atoms with Gasteiger partial charge in [-0.15, -0.1) is 0 Å². The maximum atomic E-state index is 10.3. The molecule has 0 spiro atoms. The Hall–Kier alpha value is 0.292. The summed E-state index contributed by atoms with van der Waals surface area (Å²) in [6.07, 6.45) is 3.52. The van der Waals surface area contributed by atoms with Crippen molar-refractivity contribution >= 4 is 22.3 Å². The molecule has 0 amide bonds. The Bertz CT molecular complexity index is 121. The summed E-state index contributed by atoms with van der Waals surface area (Å²) < 4.78 is 0. The average Bonchev–Trinajstić information content (AvgIpc) is 2.06. The molecule has 0 fully saturated rings. The summed E-state index contributed by atoms with van der Waals surface area (Å²) in [5, 5.41) is 11.5. The summed E-state index contributed by atoms with van der Waals surface area (Å²) in [5.41, 5.74) is 0. The van der Waals surface area contributed by atoms with E-state index in [0.29, 0.717) is 6.42 Å². The molecule has 0 aromatic carbocycles. The van der Waals surface area contributed by atoms with Gasteiger partial charge in [-0.1, -0.05) is 26.7 Å². The molecule has 0 heterocycles. The van der Waals surface area contributed by atoms with Gasteiger partial charge in [0, 0.05) is 5.97 Å².